The molecule has 18 heavy (non-hydrogen) atoms. The zero-order chi connectivity index (χ0) is 13.1. The maximum Gasteiger partial charge on any atom is 0.185 e. The number of carbonyl (C=O) groups is 1. The molecule has 2 nitrogen and oxygen atoms in total. The van der Waals surface area contributed by atoms with Crippen LogP contribution in [0.3, 0.4) is 0 Å². The van der Waals surface area contributed by atoms with Crippen LogP contribution < -0.4 is 0 Å². The second kappa shape index (κ2) is 5.59. The van der Waals surface area contributed by atoms with Gasteiger partial charge < -0.3 is 0 Å². The topological polar surface area (TPSA) is 30.0 Å². The highest BCUT2D eigenvalue weighted by molar-refractivity contribution is 9.10. The van der Waals surface area contributed by atoms with Gasteiger partial charge in [-0.2, -0.15) is 0 Å². The van der Waals surface area contributed by atoms with Crippen LogP contribution in [0.2, 0.25) is 5.02 Å². The van der Waals surface area contributed by atoms with Crippen LogP contribution in [-0.2, 0) is 6.42 Å². The van der Waals surface area contributed by atoms with Crippen LogP contribution in [0.1, 0.15) is 16.1 Å². The summed E-state index contributed by atoms with van der Waals surface area (Å²) in [6.45, 7) is 0. The summed E-state index contributed by atoms with van der Waals surface area (Å²) < 4.78 is 14.4. The van der Waals surface area contributed by atoms with E-state index in [1.807, 2.05) is 0 Å². The van der Waals surface area contributed by atoms with Gasteiger partial charge in [-0.25, -0.2) is 4.39 Å². The van der Waals surface area contributed by atoms with Gasteiger partial charge in [0, 0.05) is 17.1 Å². The number of benzene rings is 1. The van der Waals surface area contributed by atoms with E-state index < -0.39 is 5.82 Å². The SMILES string of the molecule is O=C(Cc1cccc(Cl)c1F)c1ccc(Br)cn1. The van der Waals surface area contributed by atoms with E-state index in [0.29, 0.717) is 5.69 Å². The second-order valence-electron chi connectivity index (χ2n) is 3.67. The molecule has 1 aromatic heterocycles. The van der Waals surface area contributed by atoms with Crippen molar-refractivity contribution in [3.05, 3.63) is 63.1 Å². The molecule has 0 aliphatic heterocycles. The fourth-order valence-electron chi connectivity index (χ4n) is 1.49. The number of rotatable bonds is 3. The predicted octanol–water partition coefficient (Wildman–Crippen LogP) is 4.06. The molecule has 0 unspecified atom stereocenters. The highest BCUT2D eigenvalue weighted by atomic mass is 79.9. The number of hydrogen-bond donors (Lipinski definition) is 0. The first-order valence-corrected chi connectivity index (χ1v) is 6.32. The monoisotopic (exact) mass is 327 g/mol. The van der Waals surface area contributed by atoms with Crippen molar-refractivity contribution < 1.29 is 9.18 Å². The number of pyridine rings is 1. The van der Waals surface area contributed by atoms with E-state index in [9.17, 15) is 9.18 Å². The van der Waals surface area contributed by atoms with Crippen LogP contribution >= 0.6 is 27.5 Å². The van der Waals surface area contributed by atoms with Crippen molar-refractivity contribution in [2.45, 2.75) is 6.42 Å². The molecule has 0 radical (unpaired) electrons. The minimum absolute atomic E-state index is 0.0177. The number of nitrogens with zero attached hydrogens (tertiary/aromatic N) is 1. The van der Waals surface area contributed by atoms with Crippen LogP contribution in [0.5, 0.6) is 0 Å². The van der Waals surface area contributed by atoms with E-state index in [4.69, 9.17) is 11.6 Å². The summed E-state index contributed by atoms with van der Waals surface area (Å²) >= 11 is 8.89. The zero-order valence-electron chi connectivity index (χ0n) is 9.16. The molecular formula is C13H8BrClFNO. The summed E-state index contributed by atoms with van der Waals surface area (Å²) in [6.07, 6.45) is 1.47. The van der Waals surface area contributed by atoms with Gasteiger partial charge in [0.15, 0.2) is 5.78 Å². The Labute approximate surface area is 117 Å². The zero-order valence-corrected chi connectivity index (χ0v) is 11.5. The molecular weight excluding hydrogens is 321 g/mol. The van der Waals surface area contributed by atoms with E-state index in [1.165, 1.54) is 18.3 Å². The first-order valence-electron chi connectivity index (χ1n) is 5.15. The number of carbonyl (C=O) groups excluding carboxylic acids is 1. The number of Topliss-reactive ketones (excluding diaryl/α,β-unsaturated/α-hetero) is 1. The van der Waals surface area contributed by atoms with Crippen molar-refractivity contribution in [1.82, 2.24) is 4.98 Å². The first-order chi connectivity index (χ1) is 8.58. The van der Waals surface area contributed by atoms with E-state index in [2.05, 4.69) is 20.9 Å². The van der Waals surface area contributed by atoms with Gasteiger partial charge in [-0.05, 0) is 39.7 Å². The lowest BCUT2D eigenvalue weighted by molar-refractivity contribution is 0.0987. The Morgan fingerprint density at radius 2 is 2.11 bits per heavy atom. The van der Waals surface area contributed by atoms with Crippen molar-refractivity contribution in [2.75, 3.05) is 0 Å². The molecule has 2 rings (SSSR count). The summed E-state index contributed by atoms with van der Waals surface area (Å²) in [5, 5.41) is 0.0177. The van der Waals surface area contributed by atoms with Crippen molar-refractivity contribution in [3.63, 3.8) is 0 Å². The quantitative estimate of drug-likeness (QED) is 0.795. The second-order valence-corrected chi connectivity index (χ2v) is 5.00. The van der Waals surface area contributed by atoms with E-state index >= 15 is 0 Å². The molecule has 0 bridgehead atoms. The van der Waals surface area contributed by atoms with Crippen molar-refractivity contribution in [2.24, 2.45) is 0 Å². The predicted molar refractivity (Wildman–Crippen MR) is 71.4 cm³/mol. The molecule has 92 valence electrons. The van der Waals surface area contributed by atoms with Gasteiger partial charge in [-0.15, -0.1) is 0 Å². The molecule has 1 heterocycles. The fourth-order valence-corrected chi connectivity index (χ4v) is 1.92. The Hall–Kier alpha value is -1.26. The van der Waals surface area contributed by atoms with Gasteiger partial charge in [0.25, 0.3) is 0 Å². The molecule has 0 fully saturated rings. The Morgan fingerprint density at radius 3 is 2.78 bits per heavy atom. The standard InChI is InChI=1S/C13H8BrClFNO/c14-9-4-5-11(17-7-9)12(18)6-8-2-1-3-10(15)13(8)16/h1-5,7H,6H2. The van der Waals surface area contributed by atoms with Crippen LogP contribution in [-0.4, -0.2) is 10.8 Å². The Bertz CT molecular complexity index is 586. The van der Waals surface area contributed by atoms with Gasteiger partial charge in [-0.3, -0.25) is 9.78 Å². The van der Waals surface area contributed by atoms with Crippen LogP contribution in [0.4, 0.5) is 4.39 Å². The van der Waals surface area contributed by atoms with Crippen molar-refractivity contribution in [1.29, 1.82) is 0 Å². The third-order valence-corrected chi connectivity index (χ3v) is 3.16. The average molecular weight is 329 g/mol. The number of aromatic nitrogens is 1. The summed E-state index contributed by atoms with van der Waals surface area (Å²) in [4.78, 5) is 15.9. The van der Waals surface area contributed by atoms with Crippen molar-refractivity contribution >= 4 is 33.3 Å². The lowest BCUT2D eigenvalue weighted by Crippen LogP contribution is -2.07. The fraction of sp³-hybridized carbons (Fsp3) is 0.0769. The minimum Gasteiger partial charge on any atom is -0.292 e. The lowest BCUT2D eigenvalue weighted by Gasteiger charge is -2.03. The van der Waals surface area contributed by atoms with Crippen LogP contribution in [0.25, 0.3) is 0 Å². The molecule has 5 heteroatoms. The van der Waals surface area contributed by atoms with Crippen molar-refractivity contribution in [3.8, 4) is 0 Å². The first kappa shape index (κ1) is 13.2. The highest BCUT2D eigenvalue weighted by Crippen LogP contribution is 2.19. The molecule has 1 aromatic carbocycles. The van der Waals surface area contributed by atoms with Gasteiger partial charge in [0.2, 0.25) is 0 Å². The van der Waals surface area contributed by atoms with Gasteiger partial charge >= 0.3 is 0 Å². The molecule has 0 atom stereocenters. The maximum absolute atomic E-state index is 13.6. The Morgan fingerprint density at radius 1 is 1.33 bits per heavy atom. The Kier molecular flexibility index (Phi) is 4.09. The van der Waals surface area contributed by atoms with Gasteiger partial charge in [0.1, 0.15) is 11.5 Å². The normalized spacial score (nSPS) is 10.4. The third-order valence-electron chi connectivity index (χ3n) is 2.40. The summed E-state index contributed by atoms with van der Waals surface area (Å²) in [5.74, 6) is -0.798. The number of halogens is 3. The molecule has 0 saturated heterocycles. The van der Waals surface area contributed by atoms with Crippen LogP contribution in [0, 0.1) is 5.82 Å². The maximum atomic E-state index is 13.6. The molecule has 0 N–H and O–H groups in total. The lowest BCUT2D eigenvalue weighted by atomic mass is 10.1. The minimum atomic E-state index is -0.551. The Balaban J connectivity index is 2.21. The average Bonchev–Trinajstić information content (AvgIpc) is 2.36. The molecule has 0 aliphatic carbocycles. The summed E-state index contributed by atoms with van der Waals surface area (Å²) in [5.41, 5.74) is 0.579. The molecule has 2 aromatic rings. The van der Waals surface area contributed by atoms with E-state index in [0.717, 1.165) is 4.47 Å². The molecule has 0 saturated carbocycles. The smallest absolute Gasteiger partial charge is 0.185 e. The molecule has 0 aliphatic rings. The van der Waals surface area contributed by atoms with E-state index in [1.54, 1.807) is 18.2 Å². The molecule has 0 amide bonds. The summed E-state index contributed by atoms with van der Waals surface area (Å²) in [7, 11) is 0. The summed E-state index contributed by atoms with van der Waals surface area (Å²) in [6, 6.07) is 7.91. The number of ketones is 1. The van der Waals surface area contributed by atoms with E-state index in [-0.39, 0.29) is 22.8 Å². The van der Waals surface area contributed by atoms with Gasteiger partial charge in [0.05, 0.1) is 5.02 Å². The molecule has 0 spiro atoms. The number of hydrogen-bond acceptors (Lipinski definition) is 2. The van der Waals surface area contributed by atoms with Crippen LogP contribution in [0.15, 0.2) is 41.0 Å². The highest BCUT2D eigenvalue weighted by Gasteiger charge is 2.13. The van der Waals surface area contributed by atoms with Gasteiger partial charge in [-0.1, -0.05) is 23.7 Å². The largest absolute Gasteiger partial charge is 0.292 e. The third kappa shape index (κ3) is 2.94.